The third-order valence-corrected chi connectivity index (χ3v) is 4.45. The summed E-state index contributed by atoms with van der Waals surface area (Å²) in [5, 5.41) is 9.40. The minimum atomic E-state index is -3.92. The Labute approximate surface area is 124 Å². The van der Waals surface area contributed by atoms with Gasteiger partial charge in [-0.05, 0) is 25.1 Å². The Morgan fingerprint density at radius 2 is 2.10 bits per heavy atom. The minimum Gasteiger partial charge on any atom is -0.508 e. The lowest BCUT2D eigenvalue weighted by Gasteiger charge is -2.21. The molecular formula is C13H19NO6S. The molecular weight excluding hydrogens is 298 g/mol. The topological polar surface area (TPSA) is 93.1 Å². The molecule has 1 N–H and O–H groups in total. The number of nitrogens with zero attached hydrogens (tertiary/aromatic N) is 1. The van der Waals surface area contributed by atoms with Crippen molar-refractivity contribution in [3.8, 4) is 5.75 Å². The molecule has 21 heavy (non-hydrogen) atoms. The summed E-state index contributed by atoms with van der Waals surface area (Å²) in [5.74, 6) is -0.809. The van der Waals surface area contributed by atoms with E-state index in [0.717, 1.165) is 10.4 Å². The number of ether oxygens (including phenoxy) is 2. The third kappa shape index (κ3) is 5.00. The quantitative estimate of drug-likeness (QED) is 0.706. The van der Waals surface area contributed by atoms with Crippen LogP contribution in [0.15, 0.2) is 29.2 Å². The summed E-state index contributed by atoms with van der Waals surface area (Å²) in [6, 6.07) is 5.26. The van der Waals surface area contributed by atoms with E-state index < -0.39 is 22.5 Å². The van der Waals surface area contributed by atoms with Crippen LogP contribution >= 0.6 is 0 Å². The van der Waals surface area contributed by atoms with Crippen molar-refractivity contribution in [2.24, 2.45) is 0 Å². The Morgan fingerprint density at radius 1 is 1.38 bits per heavy atom. The lowest BCUT2D eigenvalue weighted by Crippen LogP contribution is -2.38. The van der Waals surface area contributed by atoms with Crippen LogP contribution in [0.3, 0.4) is 0 Å². The van der Waals surface area contributed by atoms with Gasteiger partial charge in [0.15, 0.2) is 0 Å². The molecule has 1 aromatic rings. The second-order valence-corrected chi connectivity index (χ2v) is 6.07. The smallest absolute Gasteiger partial charge is 0.321 e. The summed E-state index contributed by atoms with van der Waals surface area (Å²) >= 11 is 0. The van der Waals surface area contributed by atoms with E-state index in [1.807, 2.05) is 0 Å². The highest BCUT2D eigenvalue weighted by Gasteiger charge is 2.27. The fraction of sp³-hybridized carbons (Fsp3) is 0.462. The average molecular weight is 317 g/mol. The highest BCUT2D eigenvalue weighted by Crippen LogP contribution is 2.20. The van der Waals surface area contributed by atoms with E-state index in [-0.39, 0.29) is 30.4 Å². The molecule has 7 nitrogen and oxygen atoms in total. The molecule has 0 radical (unpaired) electrons. The lowest BCUT2D eigenvalue weighted by molar-refractivity contribution is -0.143. The number of benzene rings is 1. The highest BCUT2D eigenvalue weighted by atomic mass is 32.2. The molecule has 0 fully saturated rings. The first kappa shape index (κ1) is 17.4. The predicted octanol–water partition coefficient (Wildman–Crippen LogP) is 0.592. The molecule has 0 saturated heterocycles. The summed E-state index contributed by atoms with van der Waals surface area (Å²) in [6.45, 7) is 1.55. The van der Waals surface area contributed by atoms with Crippen molar-refractivity contribution in [3.05, 3.63) is 24.3 Å². The van der Waals surface area contributed by atoms with Gasteiger partial charge in [0.05, 0.1) is 18.1 Å². The fourth-order valence-electron chi connectivity index (χ4n) is 1.62. The van der Waals surface area contributed by atoms with Crippen molar-refractivity contribution >= 4 is 16.0 Å². The Balaban J connectivity index is 3.02. The zero-order chi connectivity index (χ0) is 15.9. The molecule has 1 aromatic carbocycles. The molecule has 8 heteroatoms. The SMILES string of the molecule is CCOC(=O)CN(CCOC)S(=O)(=O)c1cccc(O)c1. The summed E-state index contributed by atoms with van der Waals surface area (Å²) in [4.78, 5) is 11.4. The van der Waals surface area contributed by atoms with E-state index in [4.69, 9.17) is 9.47 Å². The molecule has 0 spiro atoms. The van der Waals surface area contributed by atoms with Crippen LogP contribution in [0.1, 0.15) is 6.92 Å². The number of sulfonamides is 1. The van der Waals surface area contributed by atoms with Crippen LogP contribution in [0, 0.1) is 0 Å². The first-order valence-electron chi connectivity index (χ1n) is 6.35. The van der Waals surface area contributed by atoms with Crippen molar-refractivity contribution in [2.75, 3.05) is 33.4 Å². The number of carbonyl (C=O) groups is 1. The van der Waals surface area contributed by atoms with Crippen LogP contribution in [0.5, 0.6) is 5.75 Å². The monoisotopic (exact) mass is 317 g/mol. The van der Waals surface area contributed by atoms with Crippen molar-refractivity contribution < 1.29 is 27.8 Å². The minimum absolute atomic E-state index is 0.00725. The molecule has 0 unspecified atom stereocenters. The molecule has 0 aliphatic carbocycles. The molecule has 0 bridgehead atoms. The van der Waals surface area contributed by atoms with Crippen LogP contribution in [-0.4, -0.2) is 57.2 Å². The number of hydrogen-bond donors (Lipinski definition) is 1. The zero-order valence-corrected chi connectivity index (χ0v) is 12.8. The maximum atomic E-state index is 12.5. The van der Waals surface area contributed by atoms with Crippen LogP contribution in [0.4, 0.5) is 0 Å². The summed E-state index contributed by atoms with van der Waals surface area (Å²) in [7, 11) is -2.48. The summed E-state index contributed by atoms with van der Waals surface area (Å²) in [5.41, 5.74) is 0. The Hall–Kier alpha value is -1.64. The van der Waals surface area contributed by atoms with Gasteiger partial charge < -0.3 is 14.6 Å². The number of carbonyl (C=O) groups excluding carboxylic acids is 1. The number of esters is 1. The first-order chi connectivity index (χ1) is 9.91. The average Bonchev–Trinajstić information content (AvgIpc) is 2.43. The van der Waals surface area contributed by atoms with Crippen molar-refractivity contribution in [1.29, 1.82) is 0 Å². The van der Waals surface area contributed by atoms with Crippen molar-refractivity contribution in [1.82, 2.24) is 4.31 Å². The molecule has 0 amide bonds. The Morgan fingerprint density at radius 3 is 2.67 bits per heavy atom. The molecule has 0 aromatic heterocycles. The van der Waals surface area contributed by atoms with Gasteiger partial charge in [-0.1, -0.05) is 6.07 Å². The molecule has 0 aliphatic rings. The van der Waals surface area contributed by atoms with Crippen molar-refractivity contribution in [2.45, 2.75) is 11.8 Å². The fourth-order valence-corrected chi connectivity index (χ4v) is 3.03. The Bertz CT molecular complexity index is 572. The maximum absolute atomic E-state index is 12.5. The van der Waals surface area contributed by atoms with E-state index in [9.17, 15) is 18.3 Å². The van der Waals surface area contributed by atoms with E-state index in [1.165, 1.54) is 25.3 Å². The lowest BCUT2D eigenvalue weighted by atomic mass is 10.3. The number of hydrogen-bond acceptors (Lipinski definition) is 6. The van der Waals surface area contributed by atoms with E-state index in [1.54, 1.807) is 6.92 Å². The molecule has 1 rings (SSSR count). The molecule has 0 saturated carbocycles. The molecule has 0 atom stereocenters. The van der Waals surface area contributed by atoms with Gasteiger partial charge in [-0.25, -0.2) is 8.42 Å². The third-order valence-electron chi connectivity index (χ3n) is 2.61. The predicted molar refractivity (Wildman–Crippen MR) is 75.4 cm³/mol. The number of phenols is 1. The van der Waals surface area contributed by atoms with Gasteiger partial charge >= 0.3 is 5.97 Å². The van der Waals surface area contributed by atoms with Gasteiger partial charge in [0.1, 0.15) is 12.3 Å². The highest BCUT2D eigenvalue weighted by molar-refractivity contribution is 7.89. The van der Waals surface area contributed by atoms with Crippen LogP contribution in [0.25, 0.3) is 0 Å². The number of phenolic OH excluding ortho intramolecular Hbond substituents is 1. The normalized spacial score (nSPS) is 11.6. The summed E-state index contributed by atoms with van der Waals surface area (Å²) < 4.78 is 35.6. The molecule has 118 valence electrons. The van der Waals surface area contributed by atoms with Crippen LogP contribution in [0.2, 0.25) is 0 Å². The van der Waals surface area contributed by atoms with Gasteiger partial charge in [0.2, 0.25) is 10.0 Å². The zero-order valence-electron chi connectivity index (χ0n) is 12.0. The van der Waals surface area contributed by atoms with Gasteiger partial charge in [0.25, 0.3) is 0 Å². The number of methoxy groups -OCH3 is 1. The standard InChI is InChI=1S/C13H19NO6S/c1-3-20-13(16)10-14(7-8-19-2)21(17,18)12-6-4-5-11(15)9-12/h4-6,9,15H,3,7-8,10H2,1-2H3. The van der Waals surface area contributed by atoms with Gasteiger partial charge in [-0.2, -0.15) is 4.31 Å². The van der Waals surface area contributed by atoms with Crippen LogP contribution in [-0.2, 0) is 24.3 Å². The number of aromatic hydroxyl groups is 1. The largest absolute Gasteiger partial charge is 0.508 e. The second kappa shape index (κ2) is 7.96. The van der Waals surface area contributed by atoms with Gasteiger partial charge in [-0.15, -0.1) is 0 Å². The van der Waals surface area contributed by atoms with E-state index in [2.05, 4.69) is 0 Å². The first-order valence-corrected chi connectivity index (χ1v) is 7.79. The van der Waals surface area contributed by atoms with Gasteiger partial charge in [0, 0.05) is 13.7 Å². The van der Waals surface area contributed by atoms with Crippen molar-refractivity contribution in [3.63, 3.8) is 0 Å². The number of rotatable bonds is 8. The van der Waals surface area contributed by atoms with Gasteiger partial charge in [-0.3, -0.25) is 4.79 Å². The second-order valence-electron chi connectivity index (χ2n) is 4.13. The Kier molecular flexibility index (Phi) is 6.60. The maximum Gasteiger partial charge on any atom is 0.321 e. The molecule has 0 heterocycles. The van der Waals surface area contributed by atoms with E-state index in [0.29, 0.717) is 0 Å². The summed E-state index contributed by atoms with van der Waals surface area (Å²) in [6.07, 6.45) is 0. The molecule has 0 aliphatic heterocycles. The van der Waals surface area contributed by atoms with E-state index >= 15 is 0 Å². The van der Waals surface area contributed by atoms with Crippen LogP contribution < -0.4 is 0 Å².